The number of para-hydroxylation sites is 1. The Morgan fingerprint density at radius 2 is 1.69 bits per heavy atom. The molecular formula is C25H27F3N6O2. The van der Waals surface area contributed by atoms with Crippen LogP contribution in [0.4, 0.5) is 18.9 Å². The SMILES string of the molecule is CC(C)(C)c1cn2cc(C(=O)NCCNC(=O)C(C=Nc3ccccc3)=C(N)C(F)(F)F)ccc2n1. The van der Waals surface area contributed by atoms with Crippen molar-refractivity contribution in [1.29, 1.82) is 0 Å². The fourth-order valence-electron chi connectivity index (χ4n) is 3.09. The summed E-state index contributed by atoms with van der Waals surface area (Å²) in [4.78, 5) is 33.4. The molecule has 1 aromatic carbocycles. The minimum atomic E-state index is -4.91. The minimum Gasteiger partial charge on any atom is -0.394 e. The van der Waals surface area contributed by atoms with Gasteiger partial charge in [-0.25, -0.2) is 4.98 Å². The largest absolute Gasteiger partial charge is 0.431 e. The molecule has 8 nitrogen and oxygen atoms in total. The molecule has 4 N–H and O–H groups in total. The number of halogens is 3. The molecule has 3 aromatic rings. The lowest BCUT2D eigenvalue weighted by molar-refractivity contribution is -0.118. The molecule has 2 aromatic heterocycles. The first-order valence-electron chi connectivity index (χ1n) is 11.1. The second kappa shape index (κ2) is 10.6. The first-order chi connectivity index (χ1) is 16.9. The molecule has 11 heteroatoms. The monoisotopic (exact) mass is 500 g/mol. The molecule has 2 amide bonds. The highest BCUT2D eigenvalue weighted by atomic mass is 19.4. The summed E-state index contributed by atoms with van der Waals surface area (Å²) < 4.78 is 41.2. The fourth-order valence-corrected chi connectivity index (χ4v) is 3.09. The smallest absolute Gasteiger partial charge is 0.394 e. The standard InChI is InChI=1S/C25H27F3N6O2/c1-24(2,3)19-15-34-14-16(9-10-20(34)33-19)22(35)30-11-12-31-23(36)18(21(29)25(26,27)28)13-32-17-7-5-4-6-8-17/h4-10,13-15H,11-12,29H2,1-3H3,(H,30,35)(H,31,36). The third-order valence-corrected chi connectivity index (χ3v) is 5.12. The van der Waals surface area contributed by atoms with Gasteiger partial charge in [0.05, 0.1) is 22.5 Å². The number of alkyl halides is 3. The number of nitrogens with one attached hydrogen (secondary N) is 2. The lowest BCUT2D eigenvalue weighted by atomic mass is 9.93. The number of hydrogen-bond acceptors (Lipinski definition) is 5. The zero-order valence-electron chi connectivity index (χ0n) is 20.1. The van der Waals surface area contributed by atoms with Crippen molar-refractivity contribution in [3.63, 3.8) is 0 Å². The van der Waals surface area contributed by atoms with E-state index >= 15 is 0 Å². The van der Waals surface area contributed by atoms with Crippen molar-refractivity contribution in [1.82, 2.24) is 20.0 Å². The Labute approximate surface area is 206 Å². The van der Waals surface area contributed by atoms with E-state index in [-0.39, 0.29) is 18.5 Å². The van der Waals surface area contributed by atoms with Gasteiger partial charge in [0.25, 0.3) is 11.8 Å². The maximum absolute atomic E-state index is 13.2. The van der Waals surface area contributed by atoms with Crippen LogP contribution in [-0.4, -0.2) is 46.7 Å². The van der Waals surface area contributed by atoms with Crippen LogP contribution >= 0.6 is 0 Å². The van der Waals surface area contributed by atoms with E-state index < -0.39 is 29.3 Å². The van der Waals surface area contributed by atoms with Crippen molar-refractivity contribution in [3.8, 4) is 0 Å². The summed E-state index contributed by atoms with van der Waals surface area (Å²) >= 11 is 0. The molecule has 2 heterocycles. The molecule has 0 bridgehead atoms. The molecule has 3 rings (SSSR count). The third-order valence-electron chi connectivity index (χ3n) is 5.12. The molecule has 0 aliphatic heterocycles. The minimum absolute atomic E-state index is 0.0190. The molecule has 0 atom stereocenters. The number of imidazole rings is 1. The summed E-state index contributed by atoms with van der Waals surface area (Å²) in [7, 11) is 0. The Morgan fingerprint density at radius 3 is 2.33 bits per heavy atom. The van der Waals surface area contributed by atoms with E-state index in [2.05, 4.69) is 20.6 Å². The van der Waals surface area contributed by atoms with Gasteiger partial charge in [0, 0.05) is 37.1 Å². The molecular weight excluding hydrogens is 473 g/mol. The van der Waals surface area contributed by atoms with Crippen LogP contribution in [0.2, 0.25) is 0 Å². The Balaban J connectivity index is 1.62. The number of nitrogens with zero attached hydrogens (tertiary/aromatic N) is 3. The number of nitrogens with two attached hydrogens (primary N) is 1. The summed E-state index contributed by atoms with van der Waals surface area (Å²) in [6.45, 7) is 5.96. The van der Waals surface area contributed by atoms with E-state index in [1.807, 2.05) is 27.0 Å². The maximum atomic E-state index is 13.2. The molecule has 0 unspecified atom stereocenters. The number of hydrogen-bond donors (Lipinski definition) is 3. The van der Waals surface area contributed by atoms with Crippen LogP contribution < -0.4 is 16.4 Å². The summed E-state index contributed by atoms with van der Waals surface area (Å²) in [5.41, 5.74) is 4.94. The van der Waals surface area contributed by atoms with Crippen molar-refractivity contribution < 1.29 is 22.8 Å². The second-order valence-electron chi connectivity index (χ2n) is 8.99. The number of carbonyl (C=O) groups excluding carboxylic acids is 2. The van der Waals surface area contributed by atoms with Gasteiger partial charge in [0.1, 0.15) is 11.3 Å². The lowest BCUT2D eigenvalue weighted by Crippen LogP contribution is -2.37. The van der Waals surface area contributed by atoms with Crippen molar-refractivity contribution in [2.24, 2.45) is 10.7 Å². The highest BCUT2D eigenvalue weighted by molar-refractivity contribution is 6.13. The topological polar surface area (TPSA) is 114 Å². The predicted molar refractivity (Wildman–Crippen MR) is 131 cm³/mol. The zero-order valence-corrected chi connectivity index (χ0v) is 20.1. The number of pyridine rings is 1. The van der Waals surface area contributed by atoms with E-state index in [1.54, 1.807) is 53.1 Å². The number of carbonyl (C=O) groups is 2. The van der Waals surface area contributed by atoms with E-state index in [1.165, 1.54) is 0 Å². The average Bonchev–Trinajstić information content (AvgIpc) is 3.26. The molecule has 0 aliphatic carbocycles. The van der Waals surface area contributed by atoms with Gasteiger partial charge in [0.15, 0.2) is 0 Å². The summed E-state index contributed by atoms with van der Waals surface area (Å²) in [6, 6.07) is 11.5. The zero-order chi connectivity index (χ0) is 26.5. The molecule has 0 aliphatic rings. The van der Waals surface area contributed by atoms with Gasteiger partial charge in [-0.05, 0) is 24.3 Å². The van der Waals surface area contributed by atoms with Crippen LogP contribution in [0.3, 0.4) is 0 Å². The van der Waals surface area contributed by atoms with Gasteiger partial charge in [-0.1, -0.05) is 39.0 Å². The number of allylic oxidation sites excluding steroid dienone is 1. The number of benzene rings is 1. The highest BCUT2D eigenvalue weighted by Crippen LogP contribution is 2.24. The second-order valence-corrected chi connectivity index (χ2v) is 8.99. The molecule has 36 heavy (non-hydrogen) atoms. The predicted octanol–water partition coefficient (Wildman–Crippen LogP) is 3.66. The number of aliphatic imine (C=N–C) groups is 1. The highest BCUT2D eigenvalue weighted by Gasteiger charge is 2.35. The van der Waals surface area contributed by atoms with E-state index in [0.29, 0.717) is 16.9 Å². The Hall–Kier alpha value is -4.15. The molecule has 190 valence electrons. The normalized spacial score (nSPS) is 13.1. The lowest BCUT2D eigenvalue weighted by Gasteiger charge is -2.13. The number of amides is 2. The van der Waals surface area contributed by atoms with E-state index in [9.17, 15) is 22.8 Å². The first-order valence-corrected chi connectivity index (χ1v) is 11.1. The molecule has 0 saturated heterocycles. The van der Waals surface area contributed by atoms with Crippen molar-refractivity contribution in [3.05, 3.63) is 77.4 Å². The number of fused-ring (bicyclic) bond motifs is 1. The van der Waals surface area contributed by atoms with Crippen LogP contribution in [-0.2, 0) is 10.2 Å². The third kappa shape index (κ3) is 6.71. The van der Waals surface area contributed by atoms with Gasteiger partial charge in [0.2, 0.25) is 0 Å². The fraction of sp³-hybridized carbons (Fsp3) is 0.280. The van der Waals surface area contributed by atoms with E-state index in [0.717, 1.165) is 11.9 Å². The quantitative estimate of drug-likeness (QED) is 0.261. The summed E-state index contributed by atoms with van der Waals surface area (Å²) in [5.74, 6) is -1.47. The van der Waals surface area contributed by atoms with E-state index in [4.69, 9.17) is 5.73 Å². The van der Waals surface area contributed by atoms with Gasteiger partial charge in [-0.15, -0.1) is 0 Å². The van der Waals surface area contributed by atoms with Crippen molar-refractivity contribution >= 4 is 29.4 Å². The molecule has 0 radical (unpaired) electrons. The average molecular weight is 501 g/mol. The Kier molecular flexibility index (Phi) is 7.81. The van der Waals surface area contributed by atoms with Gasteiger partial charge >= 0.3 is 6.18 Å². The number of rotatable bonds is 7. The summed E-state index contributed by atoms with van der Waals surface area (Å²) in [6.07, 6.45) is -0.653. The molecule has 0 spiro atoms. The molecule has 0 saturated carbocycles. The maximum Gasteiger partial charge on any atom is 0.431 e. The van der Waals surface area contributed by atoms with Crippen LogP contribution in [0.5, 0.6) is 0 Å². The van der Waals surface area contributed by atoms with Crippen molar-refractivity contribution in [2.45, 2.75) is 32.4 Å². The van der Waals surface area contributed by atoms with Crippen LogP contribution in [0.15, 0.2) is 71.1 Å². The van der Waals surface area contributed by atoms with Crippen LogP contribution in [0, 0.1) is 0 Å². The summed E-state index contributed by atoms with van der Waals surface area (Å²) in [5, 5.41) is 4.95. The van der Waals surface area contributed by atoms with Crippen LogP contribution in [0.25, 0.3) is 5.65 Å². The Morgan fingerprint density at radius 1 is 1.03 bits per heavy atom. The number of aromatic nitrogens is 2. The Bertz CT molecular complexity index is 1300. The molecule has 0 fully saturated rings. The van der Waals surface area contributed by atoms with Crippen LogP contribution in [0.1, 0.15) is 36.8 Å². The van der Waals surface area contributed by atoms with Crippen molar-refractivity contribution in [2.75, 3.05) is 13.1 Å². The van der Waals surface area contributed by atoms with Gasteiger partial charge in [-0.2, -0.15) is 13.2 Å². The first kappa shape index (κ1) is 26.5. The van der Waals surface area contributed by atoms with Gasteiger partial charge < -0.3 is 20.8 Å². The van der Waals surface area contributed by atoms with Gasteiger partial charge in [-0.3, -0.25) is 14.6 Å².